The molecule has 18 nitrogen and oxygen atoms in total. The Morgan fingerprint density at radius 3 is 1.42 bits per heavy atom. The second kappa shape index (κ2) is 26.7. The van der Waals surface area contributed by atoms with Crippen LogP contribution in [0.4, 0.5) is 22.7 Å². The van der Waals surface area contributed by atoms with Crippen LogP contribution in [0.25, 0.3) is 66.8 Å². The summed E-state index contributed by atoms with van der Waals surface area (Å²) in [6.07, 6.45) is 0. The van der Waals surface area contributed by atoms with E-state index < -0.39 is 60.1 Å². The number of nitrogens with one attached hydrogen (secondary N) is 2. The smallest absolute Gasteiger partial charge is 0.744 e. The molecule has 6 aromatic carbocycles. The van der Waals surface area contributed by atoms with Crippen molar-refractivity contribution in [1.29, 1.82) is 0 Å². The van der Waals surface area contributed by atoms with Crippen molar-refractivity contribution < 1.29 is 125 Å². The predicted molar refractivity (Wildman–Crippen MR) is 317 cm³/mol. The summed E-state index contributed by atoms with van der Waals surface area (Å²) < 4.78 is 160. The topological polar surface area (TPSA) is 287 Å². The van der Waals surface area contributed by atoms with Gasteiger partial charge in [0.15, 0.2) is 0 Å². The number of aryl methyl sites for hydroxylation is 4. The van der Waals surface area contributed by atoms with E-state index in [-0.39, 0.29) is 70.2 Å². The minimum Gasteiger partial charge on any atom is -0.744 e. The zero-order chi connectivity index (χ0) is 60.8. The van der Waals surface area contributed by atoms with Crippen LogP contribution in [0.15, 0.2) is 174 Å². The van der Waals surface area contributed by atoms with Crippen LogP contribution in [0, 0.1) is 27.7 Å². The SMILES string of the molecule is CCN(CC)c1ccc2c(-c3ccc(S(=O)(=O)[O-])cc3S(=O)(=O)[O-])c3ccc(=[N+](CC)CC)cc-3oc2c1.Cc1cccc(C)c1Nc1ccc2c(-c3ccc(S(=O)(=O)[O-])cc3S(=O)(=O)[O-])c3ccc(=[NH+]c4c(C)cccc4C)cc-3oc2c1.[Na+].[Na+]. The van der Waals surface area contributed by atoms with Gasteiger partial charge in [0.25, 0.3) is 0 Å². The zero-order valence-corrected chi connectivity index (χ0v) is 56.2. The minimum atomic E-state index is -5.23. The zero-order valence-electron chi connectivity index (χ0n) is 48.9. The van der Waals surface area contributed by atoms with Gasteiger partial charge >= 0.3 is 59.1 Å². The normalized spacial score (nSPS) is 12.2. The Balaban J connectivity index is 0.000000245. The van der Waals surface area contributed by atoms with Gasteiger partial charge in [-0.2, -0.15) is 0 Å². The maximum atomic E-state index is 12.5. The summed E-state index contributed by atoms with van der Waals surface area (Å²) in [5.41, 5.74) is 10.1. The maximum Gasteiger partial charge on any atom is 1.00 e. The van der Waals surface area contributed by atoms with Crippen LogP contribution in [-0.2, 0) is 40.5 Å². The molecule has 6 aromatic rings. The van der Waals surface area contributed by atoms with Crippen LogP contribution in [0.1, 0.15) is 49.9 Å². The number of hydrogen-bond donors (Lipinski definition) is 2. The van der Waals surface area contributed by atoms with Gasteiger partial charge in [-0.15, -0.1) is 0 Å². The average Bonchev–Trinajstić information content (AvgIpc) is 0.785. The summed E-state index contributed by atoms with van der Waals surface area (Å²) >= 11 is 0. The molecule has 2 aliphatic heterocycles. The summed E-state index contributed by atoms with van der Waals surface area (Å²) in [7, 11) is -20.4. The summed E-state index contributed by atoms with van der Waals surface area (Å²) in [6, 6.07) is 39.3. The molecule has 0 unspecified atom stereocenters. The molecule has 0 saturated heterocycles. The van der Waals surface area contributed by atoms with Crippen LogP contribution in [0.3, 0.4) is 0 Å². The summed E-state index contributed by atoms with van der Waals surface area (Å²) in [5.74, 6) is 0.834. The van der Waals surface area contributed by atoms with E-state index in [1.807, 2.05) is 116 Å². The van der Waals surface area contributed by atoms with Gasteiger partial charge in [-0.1, -0.05) is 48.5 Å². The van der Waals surface area contributed by atoms with Crippen LogP contribution >= 0.6 is 0 Å². The van der Waals surface area contributed by atoms with Crippen LogP contribution in [0.2, 0.25) is 0 Å². The van der Waals surface area contributed by atoms with E-state index in [1.165, 1.54) is 12.1 Å². The number of nitrogens with zero attached hydrogens (tertiary/aromatic N) is 2. The van der Waals surface area contributed by atoms with E-state index in [0.29, 0.717) is 78.9 Å². The average molecular weight is 1260 g/mol. The number of para-hydroxylation sites is 2. The first kappa shape index (κ1) is 67.4. The van der Waals surface area contributed by atoms with Gasteiger partial charge in [-0.05, 0) is 127 Å². The number of fused-ring (bicyclic) bond motifs is 4. The summed E-state index contributed by atoms with van der Waals surface area (Å²) in [4.78, 5) is 2.34. The molecule has 436 valence electrons. The Morgan fingerprint density at radius 1 is 0.488 bits per heavy atom. The van der Waals surface area contributed by atoms with Gasteiger partial charge in [-0.25, -0.2) is 43.2 Å². The maximum absolute atomic E-state index is 12.5. The first-order valence-electron chi connectivity index (χ1n) is 26.6. The molecule has 24 heteroatoms. The van der Waals surface area contributed by atoms with E-state index >= 15 is 0 Å². The van der Waals surface area contributed by atoms with Crippen molar-refractivity contribution in [1.82, 2.24) is 4.58 Å². The van der Waals surface area contributed by atoms with Crippen molar-refractivity contribution in [2.45, 2.75) is 75.0 Å². The Morgan fingerprint density at radius 2 is 0.942 bits per heavy atom. The van der Waals surface area contributed by atoms with E-state index in [1.54, 1.807) is 48.5 Å². The molecule has 0 amide bonds. The van der Waals surface area contributed by atoms with Gasteiger partial charge in [0, 0.05) is 110 Å². The number of rotatable bonds is 14. The molecule has 0 saturated carbocycles. The predicted octanol–water partition coefficient (Wildman–Crippen LogP) is 2.98. The van der Waals surface area contributed by atoms with Crippen LogP contribution < -0.4 is 89.6 Å². The van der Waals surface area contributed by atoms with E-state index in [9.17, 15) is 51.9 Å². The summed E-state index contributed by atoms with van der Waals surface area (Å²) in [6.45, 7) is 19.2. The Kier molecular flexibility index (Phi) is 21.0. The molecule has 0 radical (unpaired) electrons. The Labute approximate surface area is 544 Å². The molecule has 0 aromatic heterocycles. The molecule has 0 atom stereocenters. The van der Waals surface area contributed by atoms with Crippen molar-refractivity contribution in [2.24, 2.45) is 0 Å². The second-order valence-corrected chi connectivity index (χ2v) is 25.5. The van der Waals surface area contributed by atoms with Crippen molar-refractivity contribution in [3.63, 3.8) is 0 Å². The minimum absolute atomic E-state index is 0. The monoisotopic (exact) mass is 1260 g/mol. The first-order valence-corrected chi connectivity index (χ1v) is 32.2. The molecule has 10 rings (SSSR count). The molecule has 2 N–H and O–H groups in total. The van der Waals surface area contributed by atoms with Crippen LogP contribution in [-0.4, -0.2) is 78.1 Å². The van der Waals surface area contributed by atoms with Gasteiger partial charge < -0.3 is 37.3 Å². The van der Waals surface area contributed by atoms with Gasteiger partial charge in [-0.3, -0.25) is 0 Å². The molecular weight excluding hydrogens is 1200 g/mol. The third-order valence-corrected chi connectivity index (χ3v) is 18.1. The third kappa shape index (κ3) is 14.2. The van der Waals surface area contributed by atoms with E-state index in [4.69, 9.17) is 8.83 Å². The fraction of sp³-hybridized carbons (Fsp3) is 0.194. The molecule has 86 heavy (non-hydrogen) atoms. The fourth-order valence-corrected chi connectivity index (χ4v) is 13.1. The molecular formula is C62H58N4Na2O14S4. The van der Waals surface area contributed by atoms with Crippen LogP contribution in [0.5, 0.6) is 0 Å². The largest absolute Gasteiger partial charge is 1.00 e. The van der Waals surface area contributed by atoms with Crippen molar-refractivity contribution in [2.75, 3.05) is 36.4 Å². The van der Waals surface area contributed by atoms with Gasteiger partial charge in [0.1, 0.15) is 76.2 Å². The standard InChI is InChI=1S/C35H30N2O7S2.C27H30N2O7S2.2Na/c1-20-7-5-8-21(2)34(20)36-24-11-14-27-30(17-24)44-31-18-25(37-35-22(3)9-6-10-23(35)4)12-15-28(31)33(27)29-16-13-26(45(38,39)40)19-32(29)46(41,42)43;1-5-28(6-2)18-9-12-21-24(15-18)36-25-16-19(29(7-3)8-4)10-13-22(25)27(21)23-14-11-20(37(30,31)32)17-26(23)38(33,34)35;;/h5-19,36H,1-4H3,(H,38,39,40)(H,41,42,43);9-17H,5-8H2,1-4H3,(H-,30,31,32,33,34,35);;/q;;2*+1/p-2. The fourth-order valence-electron chi connectivity index (χ4n) is 10.5. The van der Waals surface area contributed by atoms with E-state index in [2.05, 4.69) is 19.8 Å². The molecule has 4 aliphatic rings. The molecule has 0 spiro atoms. The number of anilines is 3. The first-order chi connectivity index (χ1) is 39.6. The second-order valence-electron chi connectivity index (χ2n) is 20.0. The van der Waals surface area contributed by atoms with E-state index in [0.717, 1.165) is 83.0 Å². The number of hydrogen-bond acceptors (Lipinski definition) is 16. The van der Waals surface area contributed by atoms with Crippen molar-refractivity contribution in [3.05, 3.63) is 179 Å². The molecule has 0 fully saturated rings. The summed E-state index contributed by atoms with van der Waals surface area (Å²) in [5, 5.41) is 6.05. The molecule has 0 bridgehead atoms. The quantitative estimate of drug-likeness (QED) is 0.0685. The molecule has 2 aliphatic carbocycles. The number of benzene rings is 8. The van der Waals surface area contributed by atoms with Crippen molar-refractivity contribution in [3.8, 4) is 44.9 Å². The Bertz CT molecular complexity index is 4790. The third-order valence-electron chi connectivity index (χ3n) is 14.7. The molecule has 2 heterocycles. The Hall–Kier alpha value is -6.06. The van der Waals surface area contributed by atoms with Gasteiger partial charge in [0.05, 0.1) is 31.7 Å². The van der Waals surface area contributed by atoms with Crippen molar-refractivity contribution >= 4 is 85.2 Å². The van der Waals surface area contributed by atoms with Gasteiger partial charge in [0.2, 0.25) is 16.4 Å².